The molecule has 0 aliphatic carbocycles. The minimum absolute atomic E-state index is 0.0981. The molecule has 4 N–H and O–H groups in total. The second-order valence-electron chi connectivity index (χ2n) is 5.83. The molecule has 0 aliphatic rings. The van der Waals surface area contributed by atoms with Crippen molar-refractivity contribution in [2.24, 2.45) is 0 Å². The zero-order valence-corrected chi connectivity index (χ0v) is 15.6. The first-order valence-electron chi connectivity index (χ1n) is 8.29. The largest absolute Gasteiger partial charge is 0.465 e. The monoisotopic (exact) mass is 389 g/mol. The fourth-order valence-corrected chi connectivity index (χ4v) is 2.74. The van der Waals surface area contributed by atoms with Gasteiger partial charge in [0.25, 0.3) is 5.91 Å². The Balaban J connectivity index is 2.28. The van der Waals surface area contributed by atoms with Gasteiger partial charge in [0, 0.05) is 5.69 Å². The van der Waals surface area contributed by atoms with Crippen molar-refractivity contribution < 1.29 is 19.5 Å². The van der Waals surface area contributed by atoms with Gasteiger partial charge in [0.2, 0.25) is 5.91 Å². The van der Waals surface area contributed by atoms with Crippen LogP contribution in [0.3, 0.4) is 0 Å². The Morgan fingerprint density at radius 2 is 1.70 bits per heavy atom. The summed E-state index contributed by atoms with van der Waals surface area (Å²) < 4.78 is 0. The van der Waals surface area contributed by atoms with Crippen molar-refractivity contribution in [1.29, 1.82) is 0 Å². The van der Waals surface area contributed by atoms with E-state index in [1.807, 2.05) is 19.1 Å². The molecule has 0 aromatic heterocycles. The van der Waals surface area contributed by atoms with E-state index in [9.17, 15) is 14.4 Å². The lowest BCUT2D eigenvalue weighted by Gasteiger charge is -2.17. The Labute approximate surface area is 161 Å². The first-order chi connectivity index (χ1) is 12.8. The number of amides is 3. The number of rotatable bonds is 6. The highest BCUT2D eigenvalue weighted by Crippen LogP contribution is 2.26. The molecule has 0 heterocycles. The smallest absolute Gasteiger partial charge is 0.405 e. The number of anilines is 2. The number of benzene rings is 2. The highest BCUT2D eigenvalue weighted by molar-refractivity contribution is 6.35. The topological polar surface area (TPSA) is 108 Å². The number of halogens is 1. The number of aryl methyl sites for hydroxylation is 1. The van der Waals surface area contributed by atoms with Crippen LogP contribution in [0.4, 0.5) is 16.2 Å². The molecule has 1 unspecified atom stereocenters. The summed E-state index contributed by atoms with van der Waals surface area (Å²) in [5, 5.41) is 16.5. The maximum absolute atomic E-state index is 12.8. The molecule has 27 heavy (non-hydrogen) atoms. The Morgan fingerprint density at radius 1 is 1.04 bits per heavy atom. The van der Waals surface area contributed by atoms with Gasteiger partial charge in [-0.2, -0.15) is 0 Å². The highest BCUT2D eigenvalue weighted by atomic mass is 35.5. The number of nitrogens with one attached hydrogen (secondary N) is 3. The predicted molar refractivity (Wildman–Crippen MR) is 104 cm³/mol. The molecule has 2 aromatic rings. The van der Waals surface area contributed by atoms with Crippen LogP contribution in [0.2, 0.25) is 5.02 Å². The van der Waals surface area contributed by atoms with E-state index in [0.717, 1.165) is 5.56 Å². The fraction of sp³-hybridized carbons (Fsp3) is 0.211. The number of carbonyl (C=O) groups excluding carboxylic acids is 2. The van der Waals surface area contributed by atoms with Gasteiger partial charge in [0.05, 0.1) is 16.3 Å². The van der Waals surface area contributed by atoms with Gasteiger partial charge in [0.15, 0.2) is 0 Å². The molecule has 0 spiro atoms. The molecule has 0 saturated heterocycles. The van der Waals surface area contributed by atoms with E-state index in [0.29, 0.717) is 5.69 Å². The molecule has 2 aromatic carbocycles. The summed E-state index contributed by atoms with van der Waals surface area (Å²) in [6.07, 6.45) is -1.05. The van der Waals surface area contributed by atoms with E-state index < -0.39 is 23.9 Å². The summed E-state index contributed by atoms with van der Waals surface area (Å²) in [5.74, 6) is -1.06. The number of carboxylic acid groups (broad SMARTS) is 1. The summed E-state index contributed by atoms with van der Waals surface area (Å²) in [4.78, 5) is 35.9. The van der Waals surface area contributed by atoms with Crippen molar-refractivity contribution in [1.82, 2.24) is 5.32 Å². The van der Waals surface area contributed by atoms with Gasteiger partial charge in [-0.25, -0.2) is 4.79 Å². The molecule has 8 heteroatoms. The van der Waals surface area contributed by atoms with Gasteiger partial charge >= 0.3 is 6.09 Å². The van der Waals surface area contributed by atoms with E-state index in [-0.39, 0.29) is 22.7 Å². The number of hydrogen-bond acceptors (Lipinski definition) is 3. The van der Waals surface area contributed by atoms with Crippen LogP contribution in [0, 0.1) is 6.92 Å². The Morgan fingerprint density at radius 3 is 2.33 bits per heavy atom. The molecule has 0 saturated carbocycles. The van der Waals surface area contributed by atoms with E-state index in [1.165, 1.54) is 12.1 Å². The standard InChI is InChI=1S/C19H20ClN3O4/c1-3-13(23-19(26)27)17(24)22-15-10-6-8-12(20)16(15)18(25)21-14-9-5-4-7-11(14)2/h4-10,13,23H,3H2,1-2H3,(H,21,25)(H,22,24)(H,26,27). The maximum Gasteiger partial charge on any atom is 0.405 e. The fourth-order valence-electron chi connectivity index (χ4n) is 2.48. The van der Waals surface area contributed by atoms with E-state index >= 15 is 0 Å². The predicted octanol–water partition coefficient (Wildman–Crippen LogP) is 3.89. The molecule has 0 bridgehead atoms. The summed E-state index contributed by atoms with van der Waals surface area (Å²) in [6, 6.07) is 11.0. The number of carbonyl (C=O) groups is 3. The van der Waals surface area contributed by atoms with Crippen LogP contribution in [-0.2, 0) is 4.79 Å². The molecule has 1 atom stereocenters. The van der Waals surface area contributed by atoms with Gasteiger partial charge in [0.1, 0.15) is 6.04 Å². The molecule has 3 amide bonds. The van der Waals surface area contributed by atoms with E-state index in [2.05, 4.69) is 16.0 Å². The third-order valence-electron chi connectivity index (χ3n) is 3.91. The van der Waals surface area contributed by atoms with Crippen LogP contribution < -0.4 is 16.0 Å². The maximum atomic E-state index is 12.8. The van der Waals surface area contributed by atoms with Crippen LogP contribution in [0.1, 0.15) is 29.3 Å². The van der Waals surface area contributed by atoms with E-state index in [4.69, 9.17) is 16.7 Å². The van der Waals surface area contributed by atoms with Crippen molar-refractivity contribution in [3.8, 4) is 0 Å². The first-order valence-corrected chi connectivity index (χ1v) is 8.67. The second kappa shape index (κ2) is 9.05. The van der Waals surface area contributed by atoms with Gasteiger partial charge in [-0.15, -0.1) is 0 Å². The lowest BCUT2D eigenvalue weighted by molar-refractivity contribution is -0.118. The van der Waals surface area contributed by atoms with Gasteiger partial charge in [-0.05, 0) is 37.1 Å². The van der Waals surface area contributed by atoms with Crippen molar-refractivity contribution in [2.45, 2.75) is 26.3 Å². The molecule has 0 fully saturated rings. The molecule has 7 nitrogen and oxygen atoms in total. The lowest BCUT2D eigenvalue weighted by atomic mass is 10.1. The van der Waals surface area contributed by atoms with Gasteiger partial charge < -0.3 is 21.1 Å². The van der Waals surface area contributed by atoms with Gasteiger partial charge in [-0.1, -0.05) is 42.8 Å². The molecule has 142 valence electrons. The number of hydrogen-bond donors (Lipinski definition) is 4. The lowest BCUT2D eigenvalue weighted by Crippen LogP contribution is -2.42. The summed E-state index contributed by atoms with van der Waals surface area (Å²) in [7, 11) is 0. The minimum Gasteiger partial charge on any atom is -0.465 e. The van der Waals surface area contributed by atoms with E-state index in [1.54, 1.807) is 25.1 Å². The van der Waals surface area contributed by atoms with Crippen LogP contribution >= 0.6 is 11.6 Å². The van der Waals surface area contributed by atoms with Crippen molar-refractivity contribution in [3.05, 3.63) is 58.6 Å². The Bertz CT molecular complexity index is 870. The van der Waals surface area contributed by atoms with Crippen LogP contribution in [-0.4, -0.2) is 29.1 Å². The Hall–Kier alpha value is -3.06. The molecule has 0 radical (unpaired) electrons. The normalized spacial score (nSPS) is 11.4. The average molecular weight is 390 g/mol. The molecule has 0 aliphatic heterocycles. The first kappa shape index (κ1) is 20.3. The molecule has 2 rings (SSSR count). The minimum atomic E-state index is -1.30. The van der Waals surface area contributed by atoms with Crippen LogP contribution in [0.5, 0.6) is 0 Å². The summed E-state index contributed by atoms with van der Waals surface area (Å²) in [6.45, 7) is 3.53. The number of para-hydroxylation sites is 1. The summed E-state index contributed by atoms with van der Waals surface area (Å²) >= 11 is 6.19. The molecular formula is C19H20ClN3O4. The van der Waals surface area contributed by atoms with Crippen molar-refractivity contribution in [2.75, 3.05) is 10.6 Å². The van der Waals surface area contributed by atoms with Crippen LogP contribution in [0.25, 0.3) is 0 Å². The SMILES string of the molecule is CCC(NC(=O)O)C(=O)Nc1cccc(Cl)c1C(=O)Nc1ccccc1C. The highest BCUT2D eigenvalue weighted by Gasteiger charge is 2.22. The third kappa shape index (κ3) is 5.21. The zero-order chi connectivity index (χ0) is 20.0. The summed E-state index contributed by atoms with van der Waals surface area (Å²) in [5.41, 5.74) is 1.80. The second-order valence-corrected chi connectivity index (χ2v) is 6.24. The van der Waals surface area contributed by atoms with Crippen molar-refractivity contribution >= 4 is 40.9 Å². The molecular weight excluding hydrogens is 370 g/mol. The Kier molecular flexibility index (Phi) is 6.79. The van der Waals surface area contributed by atoms with Crippen LogP contribution in [0.15, 0.2) is 42.5 Å². The quantitative estimate of drug-likeness (QED) is 0.601. The zero-order valence-electron chi connectivity index (χ0n) is 14.9. The third-order valence-corrected chi connectivity index (χ3v) is 4.23. The average Bonchev–Trinajstić information content (AvgIpc) is 2.61. The van der Waals surface area contributed by atoms with Crippen molar-refractivity contribution in [3.63, 3.8) is 0 Å². The van der Waals surface area contributed by atoms with Gasteiger partial charge in [-0.3, -0.25) is 9.59 Å².